The van der Waals surface area contributed by atoms with E-state index in [1.54, 1.807) is 0 Å². The standard InChI is InChI=1S/C6H5ClFNO3S/c7-5-3-4(1-2-6(5)8)9-12-13(10)11/h1-3,9H,(H,10,11). The summed E-state index contributed by atoms with van der Waals surface area (Å²) in [5.74, 6) is -0.572. The van der Waals surface area contributed by atoms with Gasteiger partial charge in [-0.3, -0.25) is 4.55 Å². The van der Waals surface area contributed by atoms with Gasteiger partial charge in [0.2, 0.25) is 0 Å². The van der Waals surface area contributed by atoms with Crippen LogP contribution in [0.3, 0.4) is 0 Å². The molecule has 4 nitrogen and oxygen atoms in total. The van der Waals surface area contributed by atoms with Gasteiger partial charge in [-0.2, -0.15) is 4.21 Å². The van der Waals surface area contributed by atoms with Crippen LogP contribution in [0.2, 0.25) is 5.02 Å². The third kappa shape index (κ3) is 3.27. The predicted molar refractivity (Wildman–Crippen MR) is 46.9 cm³/mol. The van der Waals surface area contributed by atoms with Gasteiger partial charge in [0.05, 0.1) is 10.7 Å². The molecule has 2 N–H and O–H groups in total. The minimum Gasteiger partial charge on any atom is -0.282 e. The summed E-state index contributed by atoms with van der Waals surface area (Å²) in [4.78, 5) is 0. The highest BCUT2D eigenvalue weighted by Gasteiger charge is 2.01. The summed E-state index contributed by atoms with van der Waals surface area (Å²) in [6.45, 7) is 0. The zero-order chi connectivity index (χ0) is 9.84. The largest absolute Gasteiger partial charge is 0.324 e. The Kier molecular flexibility index (Phi) is 3.61. The molecule has 0 aromatic heterocycles. The van der Waals surface area contributed by atoms with Gasteiger partial charge in [0.25, 0.3) is 0 Å². The maximum absolute atomic E-state index is 12.6. The summed E-state index contributed by atoms with van der Waals surface area (Å²) in [5, 5.41) is -0.0997. The lowest BCUT2D eigenvalue weighted by Crippen LogP contribution is -2.03. The van der Waals surface area contributed by atoms with Crippen molar-refractivity contribution in [1.29, 1.82) is 0 Å². The molecule has 0 aliphatic carbocycles. The van der Waals surface area contributed by atoms with Crippen LogP contribution in [0.25, 0.3) is 0 Å². The fourth-order valence-corrected chi connectivity index (χ4v) is 0.991. The molecule has 0 heterocycles. The molecule has 1 unspecified atom stereocenters. The number of hydrogen-bond acceptors (Lipinski definition) is 3. The number of rotatable bonds is 3. The van der Waals surface area contributed by atoms with Gasteiger partial charge < -0.3 is 0 Å². The molecule has 0 spiro atoms. The lowest BCUT2D eigenvalue weighted by Gasteiger charge is -2.02. The fraction of sp³-hybridized carbons (Fsp3) is 0. The topological polar surface area (TPSA) is 58.6 Å². The van der Waals surface area contributed by atoms with Crippen LogP contribution in [-0.4, -0.2) is 8.76 Å². The minimum atomic E-state index is -2.43. The van der Waals surface area contributed by atoms with Crippen molar-refractivity contribution < 1.29 is 17.4 Å². The van der Waals surface area contributed by atoms with Gasteiger partial charge >= 0.3 is 11.4 Å². The molecule has 0 aliphatic rings. The van der Waals surface area contributed by atoms with E-state index in [-0.39, 0.29) is 10.7 Å². The van der Waals surface area contributed by atoms with Crippen LogP contribution >= 0.6 is 11.6 Å². The number of anilines is 1. The molecule has 7 heteroatoms. The van der Waals surface area contributed by atoms with E-state index in [1.165, 1.54) is 12.1 Å². The molecule has 0 saturated heterocycles. The molecule has 1 aromatic carbocycles. The molecular weight excluding hydrogens is 221 g/mol. The van der Waals surface area contributed by atoms with Gasteiger partial charge in [0, 0.05) is 0 Å². The zero-order valence-electron chi connectivity index (χ0n) is 6.16. The Balaban J connectivity index is 2.68. The second-order valence-corrected chi connectivity index (χ2v) is 3.04. The first-order chi connectivity index (χ1) is 6.09. The molecule has 0 amide bonds. The molecule has 0 bridgehead atoms. The van der Waals surface area contributed by atoms with Crippen molar-refractivity contribution in [2.24, 2.45) is 0 Å². The Morgan fingerprint density at radius 3 is 2.85 bits per heavy atom. The highest BCUT2D eigenvalue weighted by molar-refractivity contribution is 7.74. The predicted octanol–water partition coefficient (Wildman–Crippen LogP) is 1.96. The van der Waals surface area contributed by atoms with Crippen LogP contribution in [0, 0.1) is 5.82 Å². The molecule has 72 valence electrons. The maximum Gasteiger partial charge on any atom is 0.324 e. The normalized spacial score (nSPS) is 12.5. The van der Waals surface area contributed by atoms with Gasteiger partial charge in [-0.1, -0.05) is 11.6 Å². The molecule has 1 aromatic rings. The molecule has 0 aliphatic heterocycles. The molecule has 0 radical (unpaired) electrons. The van der Waals surface area contributed by atoms with Crippen molar-refractivity contribution in [3.05, 3.63) is 29.0 Å². The molecule has 0 saturated carbocycles. The van der Waals surface area contributed by atoms with Crippen molar-refractivity contribution in [2.45, 2.75) is 0 Å². The quantitative estimate of drug-likeness (QED) is 0.610. The van der Waals surface area contributed by atoms with Gasteiger partial charge in [-0.05, 0) is 18.2 Å². The summed E-state index contributed by atoms with van der Waals surface area (Å²) in [6, 6.07) is 3.64. The Hall–Kier alpha value is -0.690. The first-order valence-electron chi connectivity index (χ1n) is 3.09. The van der Waals surface area contributed by atoms with Crippen molar-refractivity contribution >= 4 is 28.6 Å². The summed E-state index contributed by atoms with van der Waals surface area (Å²) >= 11 is 2.99. The van der Waals surface area contributed by atoms with E-state index in [0.717, 1.165) is 6.07 Å². The highest BCUT2D eigenvalue weighted by atomic mass is 35.5. The fourth-order valence-electron chi connectivity index (χ4n) is 0.643. The zero-order valence-corrected chi connectivity index (χ0v) is 7.73. The SMILES string of the molecule is O=S(O)ONc1ccc(F)c(Cl)c1. The average molecular weight is 226 g/mol. The summed E-state index contributed by atoms with van der Waals surface area (Å²) in [5.41, 5.74) is 2.40. The lowest BCUT2D eigenvalue weighted by atomic mass is 10.3. The van der Waals surface area contributed by atoms with Crippen molar-refractivity contribution in [2.75, 3.05) is 5.48 Å². The number of hydrogen-bond donors (Lipinski definition) is 2. The number of halogens is 2. The van der Waals surface area contributed by atoms with Crippen LogP contribution in [0.5, 0.6) is 0 Å². The molecular formula is C6H5ClFNO3S. The van der Waals surface area contributed by atoms with E-state index >= 15 is 0 Å². The Morgan fingerprint density at radius 2 is 2.31 bits per heavy atom. The second kappa shape index (κ2) is 4.52. The van der Waals surface area contributed by atoms with E-state index in [1.807, 2.05) is 0 Å². The molecule has 13 heavy (non-hydrogen) atoms. The molecule has 1 rings (SSSR count). The van der Waals surface area contributed by atoms with Crippen LogP contribution in [0.15, 0.2) is 18.2 Å². The van der Waals surface area contributed by atoms with E-state index in [4.69, 9.17) is 16.2 Å². The van der Waals surface area contributed by atoms with Crippen LogP contribution in [-0.2, 0) is 15.6 Å². The first-order valence-corrected chi connectivity index (χ1v) is 4.50. The van der Waals surface area contributed by atoms with Gasteiger partial charge in [-0.15, -0.1) is 4.28 Å². The van der Waals surface area contributed by atoms with Crippen molar-refractivity contribution in [1.82, 2.24) is 0 Å². The summed E-state index contributed by atoms with van der Waals surface area (Å²) in [7, 11) is 0. The van der Waals surface area contributed by atoms with E-state index in [9.17, 15) is 8.60 Å². The lowest BCUT2D eigenvalue weighted by molar-refractivity contribution is 0.373. The highest BCUT2D eigenvalue weighted by Crippen LogP contribution is 2.19. The molecule has 0 fully saturated rings. The third-order valence-corrected chi connectivity index (χ3v) is 1.67. The minimum absolute atomic E-state index is 0.0997. The van der Waals surface area contributed by atoms with E-state index < -0.39 is 17.2 Å². The molecule has 1 atom stereocenters. The second-order valence-electron chi connectivity index (χ2n) is 2.03. The van der Waals surface area contributed by atoms with Gasteiger partial charge in [0.1, 0.15) is 5.82 Å². The maximum atomic E-state index is 12.6. The monoisotopic (exact) mass is 225 g/mol. The van der Waals surface area contributed by atoms with E-state index in [0.29, 0.717) is 0 Å². The van der Waals surface area contributed by atoms with Crippen LogP contribution < -0.4 is 5.48 Å². The van der Waals surface area contributed by atoms with Gasteiger partial charge in [0.15, 0.2) is 0 Å². The van der Waals surface area contributed by atoms with E-state index in [2.05, 4.69) is 9.76 Å². The Labute approximate surface area is 81.1 Å². The number of nitrogens with one attached hydrogen (secondary N) is 1. The van der Waals surface area contributed by atoms with Crippen molar-refractivity contribution in [3.63, 3.8) is 0 Å². The Bertz CT molecular complexity index is 336. The van der Waals surface area contributed by atoms with Crippen LogP contribution in [0.1, 0.15) is 0 Å². The third-order valence-electron chi connectivity index (χ3n) is 1.15. The smallest absolute Gasteiger partial charge is 0.282 e. The number of benzene rings is 1. The average Bonchev–Trinajstić information content (AvgIpc) is 2.07. The summed E-state index contributed by atoms with van der Waals surface area (Å²) < 4.78 is 35.0. The van der Waals surface area contributed by atoms with Crippen LogP contribution in [0.4, 0.5) is 10.1 Å². The van der Waals surface area contributed by atoms with Gasteiger partial charge in [-0.25, -0.2) is 9.87 Å². The summed E-state index contributed by atoms with van der Waals surface area (Å²) in [6.07, 6.45) is 0. The first kappa shape index (κ1) is 10.4. The Morgan fingerprint density at radius 1 is 1.62 bits per heavy atom. The van der Waals surface area contributed by atoms with Crippen molar-refractivity contribution in [3.8, 4) is 0 Å².